The third kappa shape index (κ3) is 4.92. The molecule has 0 aliphatic rings. The van der Waals surface area contributed by atoms with Crippen molar-refractivity contribution in [2.24, 2.45) is 0 Å². The van der Waals surface area contributed by atoms with Crippen LogP contribution in [0.3, 0.4) is 0 Å². The molecule has 1 N–H and O–H groups in total. The Morgan fingerprint density at radius 3 is 2.70 bits per heavy atom. The number of allylic oxidation sites excluding steroid dienone is 3. The van der Waals surface area contributed by atoms with Crippen molar-refractivity contribution in [3.63, 3.8) is 0 Å². The minimum Gasteiger partial charge on any atom is -0.376 e. The summed E-state index contributed by atoms with van der Waals surface area (Å²) in [6.45, 7) is 3.75. The fourth-order valence-electron chi connectivity index (χ4n) is 0.404. The first-order valence-electron chi connectivity index (χ1n) is 3.24. The van der Waals surface area contributed by atoms with Crippen molar-refractivity contribution in [3.05, 3.63) is 24.4 Å². The van der Waals surface area contributed by atoms with Gasteiger partial charge in [0, 0.05) is 0 Å². The molecule has 0 saturated carbocycles. The zero-order valence-corrected chi connectivity index (χ0v) is 6.33. The molecule has 0 bridgehead atoms. The number of nitriles is 1. The van der Waals surface area contributed by atoms with Crippen LogP contribution in [-0.4, -0.2) is 6.04 Å². The Morgan fingerprint density at radius 2 is 2.20 bits per heavy atom. The molecule has 10 heavy (non-hydrogen) atoms. The van der Waals surface area contributed by atoms with Gasteiger partial charge in [-0.15, -0.1) is 0 Å². The maximum atomic E-state index is 8.33. The van der Waals surface area contributed by atoms with E-state index in [1.807, 2.05) is 25.2 Å². The lowest BCUT2D eigenvalue weighted by Crippen LogP contribution is -2.17. The predicted octanol–water partition coefficient (Wildman–Crippen LogP) is 1.58. The molecule has 1 atom stereocenters. The van der Waals surface area contributed by atoms with Crippen molar-refractivity contribution in [1.29, 1.82) is 5.26 Å². The summed E-state index contributed by atoms with van der Waals surface area (Å²) >= 11 is 0. The average molecular weight is 136 g/mol. The third-order valence-corrected chi connectivity index (χ3v) is 0.940. The highest BCUT2D eigenvalue weighted by molar-refractivity contribution is 5.02. The first-order chi connectivity index (χ1) is 4.81. The summed E-state index contributed by atoms with van der Waals surface area (Å²) in [6, 6.07) is 1.95. The van der Waals surface area contributed by atoms with E-state index < -0.39 is 0 Å². The van der Waals surface area contributed by atoms with Gasteiger partial charge in [-0.3, -0.25) is 0 Å². The van der Waals surface area contributed by atoms with E-state index in [9.17, 15) is 0 Å². The van der Waals surface area contributed by atoms with Crippen LogP contribution >= 0.6 is 0 Å². The number of nitrogens with one attached hydrogen (secondary N) is 1. The topological polar surface area (TPSA) is 35.8 Å². The second-order valence-electron chi connectivity index (χ2n) is 1.90. The van der Waals surface area contributed by atoms with E-state index >= 15 is 0 Å². The monoisotopic (exact) mass is 136 g/mol. The molecule has 2 nitrogen and oxygen atoms in total. The van der Waals surface area contributed by atoms with Gasteiger partial charge in [0.05, 0.1) is 6.07 Å². The van der Waals surface area contributed by atoms with Crippen molar-refractivity contribution in [1.82, 2.24) is 5.32 Å². The molecule has 0 aromatic heterocycles. The highest BCUT2D eigenvalue weighted by Gasteiger charge is 1.88. The molecular formula is C8H12N2. The van der Waals surface area contributed by atoms with E-state index in [0.717, 1.165) is 0 Å². The fourth-order valence-corrected chi connectivity index (χ4v) is 0.404. The summed E-state index contributed by atoms with van der Waals surface area (Å²) in [7, 11) is 0. The van der Waals surface area contributed by atoms with Crippen LogP contribution in [0.5, 0.6) is 0 Å². The zero-order chi connectivity index (χ0) is 7.82. The Morgan fingerprint density at radius 1 is 1.50 bits per heavy atom. The molecular weight excluding hydrogens is 124 g/mol. The van der Waals surface area contributed by atoms with Gasteiger partial charge in [0.25, 0.3) is 0 Å². The minimum atomic E-state index is -0.110. The van der Waals surface area contributed by atoms with Gasteiger partial charge in [0.2, 0.25) is 0 Å². The van der Waals surface area contributed by atoms with Crippen LogP contribution < -0.4 is 5.32 Å². The van der Waals surface area contributed by atoms with Crippen molar-refractivity contribution in [2.75, 3.05) is 0 Å². The normalized spacial score (nSPS) is 13.7. The highest BCUT2D eigenvalue weighted by Crippen LogP contribution is 1.77. The van der Waals surface area contributed by atoms with E-state index in [-0.39, 0.29) is 6.04 Å². The lowest BCUT2D eigenvalue weighted by atomic mass is 10.4. The first kappa shape index (κ1) is 8.77. The summed E-state index contributed by atoms with van der Waals surface area (Å²) < 4.78 is 0. The van der Waals surface area contributed by atoms with Crippen LogP contribution in [0, 0.1) is 11.3 Å². The number of hydrogen-bond donors (Lipinski definition) is 1. The van der Waals surface area contributed by atoms with Crippen molar-refractivity contribution in [3.8, 4) is 6.07 Å². The van der Waals surface area contributed by atoms with E-state index in [2.05, 4.69) is 11.4 Å². The van der Waals surface area contributed by atoms with Crippen LogP contribution in [0.25, 0.3) is 0 Å². The number of rotatable bonds is 3. The van der Waals surface area contributed by atoms with Crippen molar-refractivity contribution in [2.45, 2.75) is 19.9 Å². The molecule has 0 amide bonds. The lowest BCUT2D eigenvalue weighted by Gasteiger charge is -1.97. The van der Waals surface area contributed by atoms with Crippen LogP contribution in [0.4, 0.5) is 0 Å². The molecule has 0 saturated heterocycles. The quantitative estimate of drug-likeness (QED) is 0.598. The molecule has 1 unspecified atom stereocenters. The van der Waals surface area contributed by atoms with Gasteiger partial charge < -0.3 is 5.32 Å². The highest BCUT2D eigenvalue weighted by atomic mass is 14.9. The van der Waals surface area contributed by atoms with Gasteiger partial charge in [0.1, 0.15) is 6.04 Å². The largest absolute Gasteiger partial charge is 0.376 e. The fraction of sp³-hybridized carbons (Fsp3) is 0.375. The predicted molar refractivity (Wildman–Crippen MR) is 42.2 cm³/mol. The number of nitrogens with zero attached hydrogens (tertiary/aromatic N) is 1. The minimum absolute atomic E-state index is 0.110. The maximum Gasteiger partial charge on any atom is 0.111 e. The molecule has 0 fully saturated rings. The second kappa shape index (κ2) is 5.90. The lowest BCUT2D eigenvalue weighted by molar-refractivity contribution is 0.782. The van der Waals surface area contributed by atoms with Crippen LogP contribution in [-0.2, 0) is 0 Å². The van der Waals surface area contributed by atoms with E-state index in [1.54, 1.807) is 13.1 Å². The van der Waals surface area contributed by atoms with Gasteiger partial charge in [-0.05, 0) is 26.1 Å². The molecule has 0 spiro atoms. The smallest absolute Gasteiger partial charge is 0.111 e. The number of hydrogen-bond acceptors (Lipinski definition) is 2. The molecule has 0 heterocycles. The van der Waals surface area contributed by atoms with Crippen LogP contribution in [0.1, 0.15) is 13.8 Å². The molecule has 0 aromatic rings. The van der Waals surface area contributed by atoms with E-state index in [1.165, 1.54) is 0 Å². The van der Waals surface area contributed by atoms with E-state index in [0.29, 0.717) is 0 Å². The third-order valence-electron chi connectivity index (χ3n) is 0.940. The molecule has 0 aliphatic carbocycles. The molecule has 0 aromatic carbocycles. The van der Waals surface area contributed by atoms with Crippen LogP contribution in [0.15, 0.2) is 24.4 Å². The Bertz CT molecular complexity index is 163. The first-order valence-corrected chi connectivity index (χ1v) is 3.24. The van der Waals surface area contributed by atoms with E-state index in [4.69, 9.17) is 5.26 Å². The molecule has 0 radical (unpaired) electrons. The second-order valence-corrected chi connectivity index (χ2v) is 1.90. The van der Waals surface area contributed by atoms with Gasteiger partial charge in [0.15, 0.2) is 0 Å². The summed E-state index contributed by atoms with van der Waals surface area (Å²) in [5.74, 6) is 0. The van der Waals surface area contributed by atoms with Crippen molar-refractivity contribution >= 4 is 0 Å². The molecule has 0 rings (SSSR count). The Kier molecular flexibility index (Phi) is 5.17. The summed E-state index contributed by atoms with van der Waals surface area (Å²) in [4.78, 5) is 0. The summed E-state index contributed by atoms with van der Waals surface area (Å²) in [5.41, 5.74) is 0. The SMILES string of the molecule is C/C=C\C=C/NC(C)C#N. The Hall–Kier alpha value is -1.23. The van der Waals surface area contributed by atoms with Crippen LogP contribution in [0.2, 0.25) is 0 Å². The van der Waals surface area contributed by atoms with Gasteiger partial charge in [-0.1, -0.05) is 12.2 Å². The zero-order valence-electron chi connectivity index (χ0n) is 6.33. The van der Waals surface area contributed by atoms with Gasteiger partial charge >= 0.3 is 0 Å². The standard InChI is InChI=1S/C8H12N2/c1-3-4-5-6-10-8(2)7-9/h3-6,8,10H,1-2H3/b4-3-,6-5-. The summed E-state index contributed by atoms with van der Waals surface area (Å²) in [6.07, 6.45) is 7.44. The van der Waals surface area contributed by atoms with Gasteiger partial charge in [-0.25, -0.2) is 0 Å². The molecule has 2 heteroatoms. The molecule has 54 valence electrons. The summed E-state index contributed by atoms with van der Waals surface area (Å²) in [5, 5.41) is 11.2. The Balaban J connectivity index is 3.45. The average Bonchev–Trinajstić information content (AvgIpc) is 1.98. The molecule has 0 aliphatic heterocycles. The Labute approximate surface area is 61.9 Å². The van der Waals surface area contributed by atoms with Gasteiger partial charge in [-0.2, -0.15) is 5.26 Å². The van der Waals surface area contributed by atoms with Crippen molar-refractivity contribution < 1.29 is 0 Å². The maximum absolute atomic E-state index is 8.33.